The highest BCUT2D eigenvalue weighted by Gasteiger charge is 2.20. The van der Waals surface area contributed by atoms with Gasteiger partial charge >= 0.3 is 0 Å². The minimum atomic E-state index is -0.324. The van der Waals surface area contributed by atoms with Crippen molar-refractivity contribution < 1.29 is 9.13 Å². The number of aryl methyl sites for hydroxylation is 1. The molecule has 2 aromatic rings. The van der Waals surface area contributed by atoms with Crippen LogP contribution >= 0.6 is 0 Å². The molecule has 0 aliphatic heterocycles. The summed E-state index contributed by atoms with van der Waals surface area (Å²) in [6, 6.07) is 4.98. The molecule has 0 unspecified atom stereocenters. The molecule has 1 aromatic heterocycles. The van der Waals surface area contributed by atoms with Crippen molar-refractivity contribution in [2.45, 2.75) is 19.8 Å². The maximum atomic E-state index is 13.7. The van der Waals surface area contributed by atoms with Crippen LogP contribution < -0.4 is 5.32 Å². The molecule has 1 aliphatic rings. The summed E-state index contributed by atoms with van der Waals surface area (Å²) in [4.78, 5) is 4.27. The fourth-order valence-corrected chi connectivity index (χ4v) is 2.49. The Morgan fingerprint density at radius 3 is 3.00 bits per heavy atom. The lowest BCUT2D eigenvalue weighted by atomic mass is 10.1. The van der Waals surface area contributed by atoms with Crippen molar-refractivity contribution in [2.75, 3.05) is 25.1 Å². The average molecular weight is 299 g/mol. The van der Waals surface area contributed by atoms with E-state index in [1.807, 2.05) is 6.92 Å². The van der Waals surface area contributed by atoms with E-state index in [1.165, 1.54) is 31.2 Å². The molecule has 1 fully saturated rings. The zero-order valence-electron chi connectivity index (χ0n) is 12.5. The van der Waals surface area contributed by atoms with Crippen LogP contribution in [0.15, 0.2) is 18.3 Å². The summed E-state index contributed by atoms with van der Waals surface area (Å²) in [6.07, 6.45) is 4.06. The van der Waals surface area contributed by atoms with E-state index in [2.05, 4.69) is 16.4 Å². The predicted molar refractivity (Wildman–Crippen MR) is 83.2 cm³/mol. The van der Waals surface area contributed by atoms with Gasteiger partial charge in [-0.05, 0) is 43.4 Å². The van der Waals surface area contributed by atoms with Gasteiger partial charge in [-0.15, -0.1) is 0 Å². The zero-order valence-corrected chi connectivity index (χ0v) is 12.5. The van der Waals surface area contributed by atoms with Gasteiger partial charge < -0.3 is 10.1 Å². The number of benzene rings is 1. The normalized spacial score (nSPS) is 14.0. The van der Waals surface area contributed by atoms with Gasteiger partial charge in [0.25, 0.3) is 0 Å². The number of anilines is 1. The number of nitriles is 1. The van der Waals surface area contributed by atoms with Crippen LogP contribution in [0.4, 0.5) is 10.1 Å². The first-order chi connectivity index (χ1) is 10.7. The van der Waals surface area contributed by atoms with E-state index in [4.69, 9.17) is 4.74 Å². The highest BCUT2D eigenvalue weighted by molar-refractivity contribution is 5.95. The average Bonchev–Trinajstić information content (AvgIpc) is 3.31. The van der Waals surface area contributed by atoms with Gasteiger partial charge in [0.15, 0.2) is 0 Å². The van der Waals surface area contributed by atoms with E-state index in [1.54, 1.807) is 0 Å². The molecule has 114 valence electrons. The molecular formula is C17H18FN3O. The second-order valence-electron chi connectivity index (χ2n) is 5.72. The van der Waals surface area contributed by atoms with Crippen LogP contribution in [-0.2, 0) is 4.74 Å². The molecular weight excluding hydrogens is 281 g/mol. The van der Waals surface area contributed by atoms with Gasteiger partial charge in [-0.3, -0.25) is 4.98 Å². The van der Waals surface area contributed by atoms with E-state index in [0.29, 0.717) is 35.3 Å². The summed E-state index contributed by atoms with van der Waals surface area (Å²) in [5, 5.41) is 13.1. The monoisotopic (exact) mass is 299 g/mol. The van der Waals surface area contributed by atoms with Gasteiger partial charge in [0.05, 0.1) is 23.4 Å². The standard InChI is InChI=1S/C17H18FN3O/c1-11-6-14(18)7-15-16(11)21-9-13(8-19)17(15)20-4-5-22-10-12-2-3-12/h6-7,9,12H,2-5,10H2,1H3,(H,20,21). The minimum absolute atomic E-state index is 0.324. The fourth-order valence-electron chi connectivity index (χ4n) is 2.49. The van der Waals surface area contributed by atoms with Crippen molar-refractivity contribution >= 4 is 16.6 Å². The van der Waals surface area contributed by atoms with Crippen LogP contribution in [0.25, 0.3) is 10.9 Å². The number of aromatic nitrogens is 1. The zero-order chi connectivity index (χ0) is 15.5. The number of nitrogens with one attached hydrogen (secondary N) is 1. The van der Waals surface area contributed by atoms with Gasteiger partial charge in [0.2, 0.25) is 0 Å². The maximum absolute atomic E-state index is 13.7. The number of halogens is 1. The fraction of sp³-hybridized carbons (Fsp3) is 0.412. The quantitative estimate of drug-likeness (QED) is 0.831. The van der Waals surface area contributed by atoms with Crippen LogP contribution in [0.1, 0.15) is 24.0 Å². The second kappa shape index (κ2) is 6.29. The molecule has 3 rings (SSSR count). The Morgan fingerprint density at radius 1 is 1.45 bits per heavy atom. The molecule has 0 saturated heterocycles. The Hall–Kier alpha value is -2.19. The summed E-state index contributed by atoms with van der Waals surface area (Å²) in [5.41, 5.74) is 2.51. The SMILES string of the molecule is Cc1cc(F)cc2c(NCCOCC3CC3)c(C#N)cnc12. The summed E-state index contributed by atoms with van der Waals surface area (Å²) in [7, 11) is 0. The first-order valence-corrected chi connectivity index (χ1v) is 7.49. The Labute approximate surface area is 128 Å². The van der Waals surface area contributed by atoms with E-state index < -0.39 is 0 Å². The molecule has 0 bridgehead atoms. The number of rotatable bonds is 6. The Balaban J connectivity index is 1.80. The van der Waals surface area contributed by atoms with E-state index in [-0.39, 0.29) is 5.82 Å². The second-order valence-corrected chi connectivity index (χ2v) is 5.72. The van der Waals surface area contributed by atoms with E-state index >= 15 is 0 Å². The summed E-state index contributed by atoms with van der Waals surface area (Å²) in [6.45, 7) is 3.76. The van der Waals surface area contributed by atoms with Crippen LogP contribution in [0.2, 0.25) is 0 Å². The molecule has 4 nitrogen and oxygen atoms in total. The van der Waals surface area contributed by atoms with Crippen LogP contribution in [0, 0.1) is 30.0 Å². The number of hydrogen-bond acceptors (Lipinski definition) is 4. The molecule has 0 radical (unpaired) electrons. The highest BCUT2D eigenvalue weighted by atomic mass is 19.1. The smallest absolute Gasteiger partial charge is 0.124 e. The minimum Gasteiger partial charge on any atom is -0.381 e. The largest absolute Gasteiger partial charge is 0.381 e. The summed E-state index contributed by atoms with van der Waals surface area (Å²) in [5.74, 6) is 0.406. The lowest BCUT2D eigenvalue weighted by Gasteiger charge is -2.13. The number of hydrogen-bond donors (Lipinski definition) is 1. The van der Waals surface area contributed by atoms with Gasteiger partial charge in [-0.25, -0.2) is 4.39 Å². The van der Waals surface area contributed by atoms with Crippen molar-refractivity contribution in [3.63, 3.8) is 0 Å². The number of nitrogens with zero attached hydrogens (tertiary/aromatic N) is 2. The van der Waals surface area contributed by atoms with Crippen LogP contribution in [0.5, 0.6) is 0 Å². The van der Waals surface area contributed by atoms with Gasteiger partial charge in [0.1, 0.15) is 11.9 Å². The third-order valence-corrected chi connectivity index (χ3v) is 3.85. The first-order valence-electron chi connectivity index (χ1n) is 7.49. The molecule has 1 saturated carbocycles. The highest BCUT2D eigenvalue weighted by Crippen LogP contribution is 2.29. The van der Waals surface area contributed by atoms with Crippen molar-refractivity contribution in [1.29, 1.82) is 5.26 Å². The number of fused-ring (bicyclic) bond motifs is 1. The topological polar surface area (TPSA) is 57.9 Å². The molecule has 1 N–H and O–H groups in total. The van der Waals surface area contributed by atoms with Crippen molar-refractivity contribution in [3.8, 4) is 6.07 Å². The molecule has 22 heavy (non-hydrogen) atoms. The lowest BCUT2D eigenvalue weighted by Crippen LogP contribution is -2.12. The number of pyridine rings is 1. The molecule has 0 atom stereocenters. The summed E-state index contributed by atoms with van der Waals surface area (Å²) < 4.78 is 19.3. The first kappa shape index (κ1) is 14.7. The molecule has 1 aliphatic carbocycles. The Morgan fingerprint density at radius 2 is 2.27 bits per heavy atom. The van der Waals surface area contributed by atoms with Crippen LogP contribution in [0.3, 0.4) is 0 Å². The van der Waals surface area contributed by atoms with Gasteiger partial charge in [-0.1, -0.05) is 0 Å². The Kier molecular flexibility index (Phi) is 4.21. The Bertz CT molecular complexity index is 735. The summed E-state index contributed by atoms with van der Waals surface area (Å²) >= 11 is 0. The van der Waals surface area contributed by atoms with Crippen molar-refractivity contribution in [1.82, 2.24) is 4.98 Å². The van der Waals surface area contributed by atoms with Crippen molar-refractivity contribution in [2.24, 2.45) is 5.92 Å². The molecule has 0 amide bonds. The lowest BCUT2D eigenvalue weighted by molar-refractivity contribution is 0.134. The molecule has 1 heterocycles. The third kappa shape index (κ3) is 3.18. The number of ether oxygens (including phenoxy) is 1. The van der Waals surface area contributed by atoms with Gasteiger partial charge in [0, 0.05) is 24.7 Å². The van der Waals surface area contributed by atoms with Crippen molar-refractivity contribution in [3.05, 3.63) is 35.3 Å². The maximum Gasteiger partial charge on any atom is 0.124 e. The molecule has 1 aromatic carbocycles. The molecule has 5 heteroatoms. The van der Waals surface area contributed by atoms with E-state index in [0.717, 1.165) is 18.1 Å². The van der Waals surface area contributed by atoms with Crippen LogP contribution in [-0.4, -0.2) is 24.7 Å². The predicted octanol–water partition coefficient (Wildman–Crippen LogP) is 3.39. The third-order valence-electron chi connectivity index (χ3n) is 3.85. The van der Waals surface area contributed by atoms with Gasteiger partial charge in [-0.2, -0.15) is 5.26 Å². The molecule has 0 spiro atoms. The van der Waals surface area contributed by atoms with E-state index in [9.17, 15) is 9.65 Å².